The lowest BCUT2D eigenvalue weighted by molar-refractivity contribution is -0.160. The Hall–Kier alpha value is -3.54. The molecule has 2 rings (SSSR count). The number of rotatable bonds is 6. The summed E-state index contributed by atoms with van der Waals surface area (Å²) in [5.41, 5.74) is 2.29. The first kappa shape index (κ1) is 20.8. The van der Waals surface area contributed by atoms with Crippen molar-refractivity contribution in [3.63, 3.8) is 0 Å². The average Bonchev–Trinajstić information content (AvgIpc) is 2.66. The number of ether oxygens (including phenoxy) is 2. The monoisotopic (exact) mass is 392 g/mol. The van der Waals surface area contributed by atoms with Gasteiger partial charge in [0.25, 0.3) is 0 Å². The molecule has 0 aliphatic rings. The molecule has 0 spiro atoms. The van der Waals surface area contributed by atoms with Crippen molar-refractivity contribution in [1.82, 2.24) is 5.32 Å². The van der Waals surface area contributed by atoms with Gasteiger partial charge in [-0.1, -0.05) is 24.3 Å². The normalized spacial score (nSPS) is 10.6. The second-order valence-electron chi connectivity index (χ2n) is 5.56. The van der Waals surface area contributed by atoms with Crippen LogP contribution >= 0.6 is 0 Å². The minimum atomic E-state index is -4.61. The molecule has 0 atom stereocenters. The van der Waals surface area contributed by atoms with Crippen molar-refractivity contribution >= 4 is 12.1 Å². The number of hydrogen-bond acceptors (Lipinski definition) is 5. The van der Waals surface area contributed by atoms with Gasteiger partial charge < -0.3 is 14.8 Å². The molecule has 0 bridgehead atoms. The number of benzene rings is 2. The third kappa shape index (κ3) is 6.99. The number of nitrogens with zero attached hydrogens (tertiary/aromatic N) is 1. The van der Waals surface area contributed by atoms with Gasteiger partial charge in [0, 0.05) is 6.54 Å². The predicted molar refractivity (Wildman–Crippen MR) is 92.3 cm³/mol. The third-order valence-electron chi connectivity index (χ3n) is 3.40. The van der Waals surface area contributed by atoms with Gasteiger partial charge in [0.05, 0.1) is 18.1 Å². The quantitative estimate of drug-likeness (QED) is 0.597. The van der Waals surface area contributed by atoms with E-state index in [-0.39, 0.29) is 18.7 Å². The standard InChI is InChI=1S/C19H15F3N2O4/c20-19(21,22)12-27-18(26)24-10-9-17(25)28-16-7-5-15(6-8-16)14-3-1-13(11-23)2-4-14/h1-8H,9-10,12H2,(H,24,26). The summed E-state index contributed by atoms with van der Waals surface area (Å²) in [5.74, 6) is -0.385. The Kier molecular flexibility index (Phi) is 6.98. The van der Waals surface area contributed by atoms with Crippen molar-refractivity contribution in [2.45, 2.75) is 12.6 Å². The number of esters is 1. The minimum absolute atomic E-state index is 0.223. The molecule has 0 aliphatic carbocycles. The highest BCUT2D eigenvalue weighted by Crippen LogP contribution is 2.23. The van der Waals surface area contributed by atoms with E-state index in [1.165, 1.54) is 0 Å². The Morgan fingerprint density at radius 1 is 1.00 bits per heavy atom. The van der Waals surface area contributed by atoms with Crippen LogP contribution in [0.5, 0.6) is 5.75 Å². The van der Waals surface area contributed by atoms with Gasteiger partial charge in [-0.25, -0.2) is 4.79 Å². The molecule has 9 heteroatoms. The molecule has 6 nitrogen and oxygen atoms in total. The summed E-state index contributed by atoms with van der Waals surface area (Å²) in [6.07, 6.45) is -6.12. The van der Waals surface area contributed by atoms with Crippen molar-refractivity contribution < 1.29 is 32.2 Å². The molecule has 0 fully saturated rings. The van der Waals surface area contributed by atoms with Crippen molar-refractivity contribution in [2.75, 3.05) is 13.2 Å². The number of carbonyl (C=O) groups excluding carboxylic acids is 2. The van der Waals surface area contributed by atoms with Crippen LogP contribution in [0.25, 0.3) is 11.1 Å². The Labute approximate surface area is 158 Å². The number of nitrogens with one attached hydrogen (secondary N) is 1. The Balaban J connectivity index is 1.78. The second-order valence-corrected chi connectivity index (χ2v) is 5.56. The maximum Gasteiger partial charge on any atom is 0.422 e. The van der Waals surface area contributed by atoms with E-state index in [1.807, 2.05) is 11.4 Å². The summed E-state index contributed by atoms with van der Waals surface area (Å²) in [4.78, 5) is 22.8. The van der Waals surface area contributed by atoms with Gasteiger partial charge in [-0.15, -0.1) is 0 Å². The Morgan fingerprint density at radius 3 is 2.11 bits per heavy atom. The summed E-state index contributed by atoms with van der Waals surface area (Å²) in [6.45, 7) is -1.92. The fourth-order valence-corrected chi connectivity index (χ4v) is 2.10. The third-order valence-corrected chi connectivity index (χ3v) is 3.40. The SMILES string of the molecule is N#Cc1ccc(-c2ccc(OC(=O)CCNC(=O)OCC(F)(F)F)cc2)cc1. The van der Waals surface area contributed by atoms with E-state index >= 15 is 0 Å². The number of nitriles is 1. The maximum absolute atomic E-state index is 11.9. The van der Waals surface area contributed by atoms with Gasteiger partial charge >= 0.3 is 18.2 Å². The van der Waals surface area contributed by atoms with E-state index in [0.29, 0.717) is 5.56 Å². The summed E-state index contributed by atoms with van der Waals surface area (Å²) in [6, 6.07) is 15.6. The molecule has 28 heavy (non-hydrogen) atoms. The second kappa shape index (κ2) is 9.41. The number of amides is 1. The van der Waals surface area contributed by atoms with E-state index in [4.69, 9.17) is 10.00 Å². The highest BCUT2D eigenvalue weighted by molar-refractivity contribution is 5.74. The first-order chi connectivity index (χ1) is 13.3. The summed E-state index contributed by atoms with van der Waals surface area (Å²) in [5, 5.41) is 10.8. The van der Waals surface area contributed by atoms with Gasteiger partial charge in [0.15, 0.2) is 6.61 Å². The van der Waals surface area contributed by atoms with Gasteiger partial charge in [-0.3, -0.25) is 4.79 Å². The van der Waals surface area contributed by atoms with E-state index in [2.05, 4.69) is 4.74 Å². The Bertz CT molecular complexity index is 857. The molecular formula is C19H15F3N2O4. The van der Waals surface area contributed by atoms with Crippen LogP contribution in [0.15, 0.2) is 48.5 Å². The highest BCUT2D eigenvalue weighted by atomic mass is 19.4. The van der Waals surface area contributed by atoms with Crippen molar-refractivity contribution in [3.8, 4) is 22.9 Å². The van der Waals surface area contributed by atoms with Crippen LogP contribution in [0, 0.1) is 11.3 Å². The average molecular weight is 392 g/mol. The molecule has 0 unspecified atom stereocenters. The molecule has 0 heterocycles. The maximum atomic E-state index is 11.9. The van der Waals surface area contributed by atoms with E-state index in [9.17, 15) is 22.8 Å². The van der Waals surface area contributed by atoms with Gasteiger partial charge in [0.1, 0.15) is 5.75 Å². The number of carbonyl (C=O) groups is 2. The number of alkyl carbamates (subject to hydrolysis) is 1. The summed E-state index contributed by atoms with van der Waals surface area (Å²) < 4.78 is 44.7. The zero-order valence-corrected chi connectivity index (χ0v) is 14.5. The van der Waals surface area contributed by atoms with Gasteiger partial charge in [-0.2, -0.15) is 18.4 Å². The van der Waals surface area contributed by atoms with Crippen LogP contribution < -0.4 is 10.1 Å². The number of alkyl halides is 3. The largest absolute Gasteiger partial charge is 0.440 e. The lowest BCUT2D eigenvalue weighted by atomic mass is 10.0. The highest BCUT2D eigenvalue weighted by Gasteiger charge is 2.29. The van der Waals surface area contributed by atoms with Crippen LogP contribution in [0.2, 0.25) is 0 Å². The molecule has 2 aromatic rings. The lowest BCUT2D eigenvalue weighted by Crippen LogP contribution is -2.31. The van der Waals surface area contributed by atoms with Crippen molar-refractivity contribution in [3.05, 3.63) is 54.1 Å². The zero-order chi connectivity index (χ0) is 20.6. The first-order valence-corrected chi connectivity index (χ1v) is 8.05. The van der Waals surface area contributed by atoms with Crippen LogP contribution in [0.3, 0.4) is 0 Å². The molecule has 146 valence electrons. The molecule has 0 radical (unpaired) electrons. The Morgan fingerprint density at radius 2 is 1.57 bits per heavy atom. The van der Waals surface area contributed by atoms with E-state index in [1.54, 1.807) is 48.5 Å². The van der Waals surface area contributed by atoms with Gasteiger partial charge in [-0.05, 0) is 35.4 Å². The van der Waals surface area contributed by atoms with Crippen LogP contribution in [-0.4, -0.2) is 31.4 Å². The molecule has 1 amide bonds. The van der Waals surface area contributed by atoms with Crippen molar-refractivity contribution in [1.29, 1.82) is 5.26 Å². The molecule has 0 aliphatic heterocycles. The molecule has 0 saturated carbocycles. The summed E-state index contributed by atoms with van der Waals surface area (Å²) >= 11 is 0. The van der Waals surface area contributed by atoms with Gasteiger partial charge in [0.2, 0.25) is 0 Å². The van der Waals surface area contributed by atoms with Crippen molar-refractivity contribution in [2.24, 2.45) is 0 Å². The van der Waals surface area contributed by atoms with Crippen LogP contribution in [0.1, 0.15) is 12.0 Å². The zero-order valence-electron chi connectivity index (χ0n) is 14.5. The fourth-order valence-electron chi connectivity index (χ4n) is 2.10. The number of halogens is 3. The molecule has 2 aromatic carbocycles. The van der Waals surface area contributed by atoms with E-state index in [0.717, 1.165) is 11.1 Å². The van der Waals surface area contributed by atoms with E-state index < -0.39 is 24.8 Å². The molecular weight excluding hydrogens is 377 g/mol. The smallest absolute Gasteiger partial charge is 0.422 e. The topological polar surface area (TPSA) is 88.4 Å². The first-order valence-electron chi connectivity index (χ1n) is 8.05. The molecule has 0 aromatic heterocycles. The summed E-state index contributed by atoms with van der Waals surface area (Å²) in [7, 11) is 0. The van der Waals surface area contributed by atoms with Crippen LogP contribution in [-0.2, 0) is 9.53 Å². The fraction of sp³-hybridized carbons (Fsp3) is 0.211. The molecule has 1 N–H and O–H groups in total. The predicted octanol–water partition coefficient (Wildman–Crippen LogP) is 3.81. The van der Waals surface area contributed by atoms with Crippen LogP contribution in [0.4, 0.5) is 18.0 Å². The number of hydrogen-bond donors (Lipinski definition) is 1. The molecule has 0 saturated heterocycles. The lowest BCUT2D eigenvalue weighted by Gasteiger charge is -2.09. The minimum Gasteiger partial charge on any atom is -0.440 e.